The number of nitrogens with two attached hydrogens (primary N) is 1. The van der Waals surface area contributed by atoms with Gasteiger partial charge in [0.05, 0.1) is 22.3 Å². The van der Waals surface area contributed by atoms with Gasteiger partial charge < -0.3 is 15.8 Å². The first kappa shape index (κ1) is 17.7. The van der Waals surface area contributed by atoms with Crippen molar-refractivity contribution in [1.29, 1.82) is 0 Å². The molecule has 118 valence electrons. The molecule has 8 heteroatoms. The molecule has 1 aromatic carbocycles. The van der Waals surface area contributed by atoms with E-state index in [0.717, 1.165) is 18.2 Å². The molecule has 0 aromatic heterocycles. The molecule has 0 aliphatic carbocycles. The molecule has 0 aliphatic rings. The summed E-state index contributed by atoms with van der Waals surface area (Å²) in [6.45, 7) is 0.450. The highest BCUT2D eigenvalue weighted by atomic mass is 35.5. The van der Waals surface area contributed by atoms with Crippen LogP contribution in [0.15, 0.2) is 18.2 Å². The lowest BCUT2D eigenvalue weighted by Crippen LogP contribution is -2.35. The number of hydrogen-bond donors (Lipinski definition) is 2. The largest absolute Gasteiger partial charge is 0.416 e. The van der Waals surface area contributed by atoms with Crippen LogP contribution in [0.2, 0.25) is 5.02 Å². The maximum Gasteiger partial charge on any atom is 0.416 e. The molecule has 0 radical (unpaired) electrons. The van der Waals surface area contributed by atoms with E-state index in [9.17, 15) is 18.0 Å². The topological polar surface area (TPSA) is 64.3 Å². The molecule has 0 heterocycles. The summed E-state index contributed by atoms with van der Waals surface area (Å²) in [7, 11) is 1.52. The Bertz CT molecular complexity index is 495. The SMILES string of the molecule is COCCCC(N)C(=O)Nc1cc(C(F)(F)F)ccc1Cl. The van der Waals surface area contributed by atoms with Crippen LogP contribution in [0.25, 0.3) is 0 Å². The van der Waals surface area contributed by atoms with Crippen LogP contribution in [0.1, 0.15) is 18.4 Å². The van der Waals surface area contributed by atoms with E-state index in [1.54, 1.807) is 0 Å². The minimum absolute atomic E-state index is 0.0143. The van der Waals surface area contributed by atoms with Crippen LogP contribution in [-0.4, -0.2) is 25.7 Å². The number of ether oxygens (including phenoxy) is 1. The van der Waals surface area contributed by atoms with E-state index in [-0.39, 0.29) is 10.7 Å². The second kappa shape index (κ2) is 7.63. The van der Waals surface area contributed by atoms with Crippen molar-refractivity contribution >= 4 is 23.2 Å². The first-order valence-electron chi connectivity index (χ1n) is 6.18. The van der Waals surface area contributed by atoms with E-state index in [2.05, 4.69) is 5.32 Å². The zero-order chi connectivity index (χ0) is 16.0. The summed E-state index contributed by atoms with van der Waals surface area (Å²) in [6, 6.07) is 1.86. The van der Waals surface area contributed by atoms with Gasteiger partial charge in [-0.25, -0.2) is 0 Å². The third-order valence-corrected chi connectivity index (χ3v) is 3.08. The van der Waals surface area contributed by atoms with Gasteiger partial charge in [0.25, 0.3) is 0 Å². The molecule has 0 fully saturated rings. The van der Waals surface area contributed by atoms with Gasteiger partial charge in [0, 0.05) is 13.7 Å². The standard InChI is InChI=1S/C13H16ClF3N2O2/c1-21-6-2-3-10(18)12(20)19-11-7-8(13(15,16)17)4-5-9(11)14/h4-5,7,10H,2-3,6,18H2,1H3,(H,19,20). The summed E-state index contributed by atoms with van der Waals surface area (Å²) < 4.78 is 42.6. The van der Waals surface area contributed by atoms with Gasteiger partial charge in [-0.3, -0.25) is 4.79 Å². The van der Waals surface area contributed by atoms with Crippen molar-refractivity contribution in [2.45, 2.75) is 25.1 Å². The quantitative estimate of drug-likeness (QED) is 0.790. The normalized spacial score (nSPS) is 13.0. The molecule has 1 amide bonds. The predicted octanol–water partition coefficient (Wildman–Crippen LogP) is 3.05. The Labute approximate surface area is 125 Å². The summed E-state index contributed by atoms with van der Waals surface area (Å²) >= 11 is 5.78. The number of alkyl halides is 3. The molecule has 0 saturated carbocycles. The molecule has 0 aliphatic heterocycles. The number of carbonyl (C=O) groups is 1. The lowest BCUT2D eigenvalue weighted by atomic mass is 10.1. The molecule has 4 nitrogen and oxygen atoms in total. The molecular formula is C13H16ClF3N2O2. The molecule has 1 unspecified atom stereocenters. The fraction of sp³-hybridized carbons (Fsp3) is 0.462. The number of nitrogens with one attached hydrogen (secondary N) is 1. The number of anilines is 1. The van der Waals surface area contributed by atoms with Gasteiger partial charge in [-0.1, -0.05) is 11.6 Å². The summed E-state index contributed by atoms with van der Waals surface area (Å²) in [5.41, 5.74) is 4.64. The van der Waals surface area contributed by atoms with E-state index in [0.29, 0.717) is 19.4 Å². The van der Waals surface area contributed by atoms with Crippen LogP contribution >= 0.6 is 11.6 Å². The summed E-state index contributed by atoms with van der Waals surface area (Å²) in [5, 5.41) is 2.33. The van der Waals surface area contributed by atoms with Gasteiger partial charge in [0.1, 0.15) is 0 Å². The number of benzene rings is 1. The number of hydrogen-bond acceptors (Lipinski definition) is 3. The van der Waals surface area contributed by atoms with E-state index in [4.69, 9.17) is 22.1 Å². The smallest absolute Gasteiger partial charge is 0.385 e. The second-order valence-electron chi connectivity index (χ2n) is 4.42. The lowest BCUT2D eigenvalue weighted by molar-refractivity contribution is -0.137. The van der Waals surface area contributed by atoms with Crippen LogP contribution < -0.4 is 11.1 Å². The molecule has 3 N–H and O–H groups in total. The van der Waals surface area contributed by atoms with Crippen molar-refractivity contribution in [3.8, 4) is 0 Å². The van der Waals surface area contributed by atoms with E-state index < -0.39 is 23.7 Å². The molecule has 0 bridgehead atoms. The second-order valence-corrected chi connectivity index (χ2v) is 4.83. The van der Waals surface area contributed by atoms with Crippen molar-refractivity contribution in [3.05, 3.63) is 28.8 Å². The third-order valence-electron chi connectivity index (χ3n) is 2.75. The highest BCUT2D eigenvalue weighted by Gasteiger charge is 2.31. The van der Waals surface area contributed by atoms with Crippen molar-refractivity contribution in [1.82, 2.24) is 0 Å². The van der Waals surface area contributed by atoms with Crippen molar-refractivity contribution < 1.29 is 22.7 Å². The van der Waals surface area contributed by atoms with Crippen molar-refractivity contribution in [2.24, 2.45) is 5.73 Å². The van der Waals surface area contributed by atoms with Gasteiger partial charge in [-0.2, -0.15) is 13.2 Å². The molecule has 1 atom stereocenters. The number of halogens is 4. The van der Waals surface area contributed by atoms with Gasteiger partial charge in [-0.05, 0) is 31.0 Å². The predicted molar refractivity (Wildman–Crippen MR) is 74.2 cm³/mol. The maximum absolute atomic E-state index is 12.6. The number of carbonyl (C=O) groups excluding carboxylic acids is 1. The Balaban J connectivity index is 2.75. The van der Waals surface area contributed by atoms with Crippen molar-refractivity contribution in [2.75, 3.05) is 19.0 Å². The molecule has 1 aromatic rings. The molecule has 0 spiro atoms. The highest BCUT2D eigenvalue weighted by molar-refractivity contribution is 6.33. The Hall–Kier alpha value is -1.31. The van der Waals surface area contributed by atoms with E-state index >= 15 is 0 Å². The van der Waals surface area contributed by atoms with Crippen LogP contribution in [0, 0.1) is 0 Å². The Morgan fingerprint density at radius 2 is 2.14 bits per heavy atom. The van der Waals surface area contributed by atoms with E-state index in [1.165, 1.54) is 7.11 Å². The van der Waals surface area contributed by atoms with Gasteiger partial charge in [0.2, 0.25) is 5.91 Å². The molecule has 0 saturated heterocycles. The van der Waals surface area contributed by atoms with Gasteiger partial charge >= 0.3 is 6.18 Å². The monoisotopic (exact) mass is 324 g/mol. The number of amides is 1. The first-order valence-corrected chi connectivity index (χ1v) is 6.55. The van der Waals surface area contributed by atoms with Gasteiger partial charge in [0.15, 0.2) is 0 Å². The Kier molecular flexibility index (Phi) is 6.44. The summed E-state index contributed by atoms with van der Waals surface area (Å²) in [5.74, 6) is -0.590. The van der Waals surface area contributed by atoms with E-state index in [1.807, 2.05) is 0 Å². The Morgan fingerprint density at radius 3 is 2.71 bits per heavy atom. The lowest BCUT2D eigenvalue weighted by Gasteiger charge is -2.14. The van der Waals surface area contributed by atoms with Crippen LogP contribution in [0.4, 0.5) is 18.9 Å². The summed E-state index contributed by atoms with van der Waals surface area (Å²) in [6.07, 6.45) is -3.58. The maximum atomic E-state index is 12.6. The molecule has 1 rings (SSSR count). The zero-order valence-electron chi connectivity index (χ0n) is 11.3. The summed E-state index contributed by atoms with van der Waals surface area (Å²) in [4.78, 5) is 11.8. The van der Waals surface area contributed by atoms with Crippen molar-refractivity contribution in [3.63, 3.8) is 0 Å². The van der Waals surface area contributed by atoms with Crippen LogP contribution in [0.3, 0.4) is 0 Å². The van der Waals surface area contributed by atoms with Gasteiger partial charge in [-0.15, -0.1) is 0 Å². The molecular weight excluding hydrogens is 309 g/mol. The fourth-order valence-electron chi connectivity index (χ4n) is 1.60. The number of rotatable bonds is 6. The average molecular weight is 325 g/mol. The highest BCUT2D eigenvalue weighted by Crippen LogP contribution is 2.33. The Morgan fingerprint density at radius 1 is 1.48 bits per heavy atom. The number of methoxy groups -OCH3 is 1. The van der Waals surface area contributed by atoms with Crippen LogP contribution in [-0.2, 0) is 15.7 Å². The minimum atomic E-state index is -4.51. The molecule has 21 heavy (non-hydrogen) atoms. The average Bonchev–Trinajstić information content (AvgIpc) is 2.40. The third kappa shape index (κ3) is 5.53. The van der Waals surface area contributed by atoms with Crippen LogP contribution in [0.5, 0.6) is 0 Å². The fourth-order valence-corrected chi connectivity index (χ4v) is 1.77. The zero-order valence-corrected chi connectivity index (χ0v) is 12.1. The minimum Gasteiger partial charge on any atom is -0.385 e. The first-order chi connectivity index (χ1) is 9.75.